The second-order valence-electron chi connectivity index (χ2n) is 3.58. The summed E-state index contributed by atoms with van der Waals surface area (Å²) in [5.74, 6) is -0.880. The van der Waals surface area contributed by atoms with E-state index < -0.39 is 17.9 Å². The number of primary amides is 1. The van der Waals surface area contributed by atoms with Crippen molar-refractivity contribution in [1.29, 1.82) is 0 Å². The fraction of sp³-hybridized carbons (Fsp3) is 0.273. The largest absolute Gasteiger partial charge is 0.497 e. The molecule has 0 bridgehead atoms. The summed E-state index contributed by atoms with van der Waals surface area (Å²) in [4.78, 5) is 22.3. The minimum absolute atomic E-state index is 0.229. The Labute approximate surface area is 104 Å². The van der Waals surface area contributed by atoms with Crippen molar-refractivity contribution in [2.75, 3.05) is 19.4 Å². The second kappa shape index (κ2) is 5.87. The van der Waals surface area contributed by atoms with Crippen LogP contribution in [-0.2, 0) is 4.79 Å². The Morgan fingerprint density at radius 2 is 2.17 bits per heavy atom. The fourth-order valence-electron chi connectivity index (χ4n) is 1.26. The highest BCUT2D eigenvalue weighted by Gasteiger charge is 2.15. The van der Waals surface area contributed by atoms with Crippen molar-refractivity contribution >= 4 is 17.5 Å². The highest BCUT2D eigenvalue weighted by molar-refractivity contribution is 5.99. The Balaban J connectivity index is 2.70. The van der Waals surface area contributed by atoms with Crippen LogP contribution in [0.15, 0.2) is 18.2 Å². The predicted molar refractivity (Wildman–Crippen MR) is 64.9 cm³/mol. The van der Waals surface area contributed by atoms with Crippen LogP contribution in [0.5, 0.6) is 5.75 Å². The lowest BCUT2D eigenvalue weighted by molar-refractivity contribution is -0.125. The third kappa shape index (κ3) is 3.36. The number of hydrogen-bond acceptors (Lipinski definition) is 5. The fourth-order valence-corrected chi connectivity index (χ4v) is 1.26. The molecule has 0 saturated carbocycles. The number of nitrogen functional groups attached to an aromatic ring is 1. The van der Waals surface area contributed by atoms with Gasteiger partial charge in [0.15, 0.2) is 0 Å². The van der Waals surface area contributed by atoms with Crippen LogP contribution in [0.4, 0.5) is 5.69 Å². The normalized spacial score (nSPS) is 11.7. The van der Waals surface area contributed by atoms with Gasteiger partial charge in [0.25, 0.3) is 5.91 Å². The van der Waals surface area contributed by atoms with Gasteiger partial charge in [0.05, 0.1) is 19.2 Å². The van der Waals surface area contributed by atoms with Crippen molar-refractivity contribution in [3.63, 3.8) is 0 Å². The minimum atomic E-state index is -1.42. The van der Waals surface area contributed by atoms with Gasteiger partial charge in [0, 0.05) is 11.8 Å². The third-order valence-corrected chi connectivity index (χ3v) is 2.29. The van der Waals surface area contributed by atoms with Gasteiger partial charge in [-0.2, -0.15) is 0 Å². The number of amides is 2. The monoisotopic (exact) mass is 253 g/mol. The number of aliphatic hydroxyl groups is 1. The van der Waals surface area contributed by atoms with Gasteiger partial charge < -0.3 is 26.6 Å². The molecule has 6 N–H and O–H groups in total. The van der Waals surface area contributed by atoms with Crippen LogP contribution in [-0.4, -0.2) is 36.7 Å². The van der Waals surface area contributed by atoms with Gasteiger partial charge in [-0.05, 0) is 12.1 Å². The van der Waals surface area contributed by atoms with Crippen LogP contribution in [0, 0.1) is 0 Å². The Kier molecular flexibility index (Phi) is 4.50. The van der Waals surface area contributed by atoms with Crippen LogP contribution in [0.3, 0.4) is 0 Å². The zero-order chi connectivity index (χ0) is 13.7. The van der Waals surface area contributed by atoms with Crippen LogP contribution >= 0.6 is 0 Å². The Morgan fingerprint density at radius 1 is 1.50 bits per heavy atom. The van der Waals surface area contributed by atoms with E-state index in [0.717, 1.165) is 0 Å². The van der Waals surface area contributed by atoms with Crippen LogP contribution in [0.1, 0.15) is 10.4 Å². The molecule has 2 amide bonds. The van der Waals surface area contributed by atoms with Gasteiger partial charge >= 0.3 is 0 Å². The van der Waals surface area contributed by atoms with Gasteiger partial charge in [0.1, 0.15) is 11.9 Å². The topological polar surface area (TPSA) is 128 Å². The number of carbonyl (C=O) groups is 2. The summed E-state index contributed by atoms with van der Waals surface area (Å²) in [5.41, 5.74) is 11.0. The molecule has 0 saturated heterocycles. The number of aliphatic hydroxyl groups excluding tert-OH is 1. The average Bonchev–Trinajstić information content (AvgIpc) is 2.34. The SMILES string of the molecule is COc1ccc(C(=O)NCC(O)C(N)=O)c(N)c1. The molecule has 0 fully saturated rings. The number of methoxy groups -OCH3 is 1. The highest BCUT2D eigenvalue weighted by Crippen LogP contribution is 2.19. The predicted octanol–water partition coefficient (Wildman–Crippen LogP) is -1.15. The van der Waals surface area contributed by atoms with E-state index in [0.29, 0.717) is 5.75 Å². The molecule has 1 aromatic rings. The number of carbonyl (C=O) groups excluding carboxylic acids is 2. The maximum atomic E-state index is 11.7. The lowest BCUT2D eigenvalue weighted by atomic mass is 10.1. The van der Waals surface area contributed by atoms with E-state index in [-0.39, 0.29) is 17.8 Å². The lowest BCUT2D eigenvalue weighted by Crippen LogP contribution is -2.40. The van der Waals surface area contributed by atoms with E-state index in [1.165, 1.54) is 19.2 Å². The quantitative estimate of drug-likeness (QED) is 0.493. The molecule has 0 aliphatic rings. The lowest BCUT2D eigenvalue weighted by Gasteiger charge is -2.10. The number of rotatable bonds is 5. The number of nitrogens with two attached hydrogens (primary N) is 2. The summed E-state index contributed by atoms with van der Waals surface area (Å²) in [6.07, 6.45) is -1.42. The van der Waals surface area contributed by atoms with Crippen LogP contribution < -0.4 is 21.5 Å². The molecule has 0 aromatic heterocycles. The molecule has 1 atom stereocenters. The average molecular weight is 253 g/mol. The van der Waals surface area contributed by atoms with E-state index in [2.05, 4.69) is 5.32 Å². The Hall–Kier alpha value is -2.28. The molecule has 98 valence electrons. The van der Waals surface area contributed by atoms with E-state index in [1.54, 1.807) is 6.07 Å². The van der Waals surface area contributed by atoms with Gasteiger partial charge in [-0.15, -0.1) is 0 Å². The van der Waals surface area contributed by atoms with Crippen molar-refractivity contribution < 1.29 is 19.4 Å². The third-order valence-electron chi connectivity index (χ3n) is 2.29. The molecule has 1 unspecified atom stereocenters. The van der Waals surface area contributed by atoms with Gasteiger partial charge in [-0.1, -0.05) is 0 Å². The molecule has 0 heterocycles. The van der Waals surface area contributed by atoms with Crippen molar-refractivity contribution in [1.82, 2.24) is 5.32 Å². The molecule has 0 aliphatic heterocycles. The first kappa shape index (κ1) is 13.8. The van der Waals surface area contributed by atoms with Gasteiger partial charge in [-0.25, -0.2) is 0 Å². The summed E-state index contributed by atoms with van der Waals surface area (Å²) in [6.45, 7) is -0.264. The first-order chi connectivity index (χ1) is 8.45. The molecule has 7 heteroatoms. The zero-order valence-corrected chi connectivity index (χ0v) is 9.84. The number of benzene rings is 1. The number of nitrogens with one attached hydrogen (secondary N) is 1. The highest BCUT2D eigenvalue weighted by atomic mass is 16.5. The van der Waals surface area contributed by atoms with Crippen molar-refractivity contribution in [3.05, 3.63) is 23.8 Å². The standard InChI is InChI=1S/C11H15N3O4/c1-18-6-2-3-7(8(12)4-6)11(17)14-5-9(15)10(13)16/h2-4,9,15H,5,12H2,1H3,(H2,13,16)(H,14,17). The Bertz CT molecular complexity index is 462. The second-order valence-corrected chi connectivity index (χ2v) is 3.58. The summed E-state index contributed by atoms with van der Waals surface area (Å²) in [7, 11) is 1.48. The minimum Gasteiger partial charge on any atom is -0.497 e. The van der Waals surface area contributed by atoms with Gasteiger partial charge in [-0.3, -0.25) is 9.59 Å². The van der Waals surface area contributed by atoms with Crippen LogP contribution in [0.25, 0.3) is 0 Å². The van der Waals surface area contributed by atoms with Crippen molar-refractivity contribution in [3.8, 4) is 5.75 Å². The summed E-state index contributed by atoms with van der Waals surface area (Å²) in [5, 5.41) is 11.5. The summed E-state index contributed by atoms with van der Waals surface area (Å²) in [6, 6.07) is 4.56. The molecule has 18 heavy (non-hydrogen) atoms. The molecule has 7 nitrogen and oxygen atoms in total. The van der Waals surface area contributed by atoms with Crippen molar-refractivity contribution in [2.24, 2.45) is 5.73 Å². The van der Waals surface area contributed by atoms with Crippen LogP contribution in [0.2, 0.25) is 0 Å². The summed E-state index contributed by atoms with van der Waals surface area (Å²) < 4.78 is 4.95. The van der Waals surface area contributed by atoms with Crippen molar-refractivity contribution in [2.45, 2.75) is 6.10 Å². The maximum Gasteiger partial charge on any atom is 0.253 e. The molecule has 0 spiro atoms. The zero-order valence-electron chi connectivity index (χ0n) is 9.84. The number of anilines is 1. The molecule has 0 aliphatic carbocycles. The van der Waals surface area contributed by atoms with E-state index in [1.807, 2.05) is 0 Å². The molecule has 1 rings (SSSR count). The molecular formula is C11H15N3O4. The van der Waals surface area contributed by atoms with Gasteiger partial charge in [0.2, 0.25) is 5.91 Å². The molecule has 0 radical (unpaired) electrons. The van der Waals surface area contributed by atoms with E-state index in [4.69, 9.17) is 21.3 Å². The van der Waals surface area contributed by atoms with E-state index in [9.17, 15) is 9.59 Å². The Morgan fingerprint density at radius 3 is 2.67 bits per heavy atom. The van der Waals surface area contributed by atoms with E-state index >= 15 is 0 Å². The first-order valence-corrected chi connectivity index (χ1v) is 5.14. The number of hydrogen-bond donors (Lipinski definition) is 4. The molecule has 1 aromatic carbocycles. The smallest absolute Gasteiger partial charge is 0.253 e. The number of ether oxygens (including phenoxy) is 1. The molecular weight excluding hydrogens is 238 g/mol. The first-order valence-electron chi connectivity index (χ1n) is 5.14. The maximum absolute atomic E-state index is 11.7. The summed E-state index contributed by atoms with van der Waals surface area (Å²) >= 11 is 0.